The zero-order valence-electron chi connectivity index (χ0n) is 6.85. The molecule has 10 heavy (non-hydrogen) atoms. The number of methoxy groups -OCH3 is 1. The first kappa shape index (κ1) is 9.24. The second-order valence-corrected chi connectivity index (χ2v) is 1.85. The lowest BCUT2D eigenvalue weighted by molar-refractivity contribution is 0.234. The highest BCUT2D eigenvalue weighted by Gasteiger charge is 1.80. The normalized spacial score (nSPS) is 12.5. The summed E-state index contributed by atoms with van der Waals surface area (Å²) in [5.74, 6) is 0. The molecule has 1 N–H and O–H groups in total. The summed E-state index contributed by atoms with van der Waals surface area (Å²) in [6.45, 7) is 2.65. The minimum Gasteiger partial charge on any atom is -0.388 e. The first-order valence-electron chi connectivity index (χ1n) is 3.34. The van der Waals surface area contributed by atoms with Crippen LogP contribution in [0.2, 0.25) is 0 Å². The Kier molecular flexibility index (Phi) is 5.88. The minimum atomic E-state index is 0.666. The Morgan fingerprint density at radius 2 is 2.30 bits per heavy atom. The molecule has 2 heteroatoms. The van der Waals surface area contributed by atoms with Crippen LogP contribution in [0.5, 0.6) is 0 Å². The van der Waals surface area contributed by atoms with Crippen LogP contribution in [0.3, 0.4) is 0 Å². The van der Waals surface area contributed by atoms with Gasteiger partial charge in [0, 0.05) is 19.9 Å². The van der Waals surface area contributed by atoms with Gasteiger partial charge in [-0.3, -0.25) is 0 Å². The van der Waals surface area contributed by atoms with Crippen molar-refractivity contribution in [2.75, 3.05) is 20.8 Å². The van der Waals surface area contributed by atoms with E-state index >= 15 is 0 Å². The summed E-state index contributed by atoms with van der Waals surface area (Å²) in [5.41, 5.74) is 1.11. The van der Waals surface area contributed by atoms with Crippen molar-refractivity contribution in [2.24, 2.45) is 0 Å². The van der Waals surface area contributed by atoms with E-state index in [-0.39, 0.29) is 0 Å². The lowest BCUT2D eigenvalue weighted by atomic mass is 10.3. The van der Waals surface area contributed by atoms with E-state index in [1.165, 1.54) is 0 Å². The van der Waals surface area contributed by atoms with Gasteiger partial charge in [-0.2, -0.15) is 0 Å². The molecule has 0 rings (SSSR count). The number of rotatable bonds is 4. The van der Waals surface area contributed by atoms with Gasteiger partial charge < -0.3 is 10.1 Å². The van der Waals surface area contributed by atoms with Gasteiger partial charge in [0.2, 0.25) is 0 Å². The molecule has 0 spiro atoms. The SMILES string of the molecule is C/C=C(\C=C/COC)NC. The van der Waals surface area contributed by atoms with Gasteiger partial charge in [0.1, 0.15) is 0 Å². The average molecular weight is 141 g/mol. The molecule has 0 amide bonds. The molecule has 0 saturated heterocycles. The van der Waals surface area contributed by atoms with Gasteiger partial charge in [0.25, 0.3) is 0 Å². The number of ether oxygens (including phenoxy) is 1. The Morgan fingerprint density at radius 3 is 2.70 bits per heavy atom. The highest BCUT2D eigenvalue weighted by Crippen LogP contribution is 1.88. The number of hydrogen-bond donors (Lipinski definition) is 1. The summed E-state index contributed by atoms with van der Waals surface area (Å²) in [4.78, 5) is 0. The quantitative estimate of drug-likeness (QED) is 0.596. The summed E-state index contributed by atoms with van der Waals surface area (Å²) < 4.78 is 4.84. The van der Waals surface area contributed by atoms with E-state index < -0.39 is 0 Å². The molecule has 0 heterocycles. The Labute approximate surface area is 62.6 Å². The topological polar surface area (TPSA) is 21.3 Å². The molecule has 0 aliphatic carbocycles. The molecule has 0 fully saturated rings. The van der Waals surface area contributed by atoms with Crippen LogP contribution in [0.25, 0.3) is 0 Å². The van der Waals surface area contributed by atoms with Crippen molar-refractivity contribution >= 4 is 0 Å². The van der Waals surface area contributed by atoms with Gasteiger partial charge in [-0.15, -0.1) is 0 Å². The largest absolute Gasteiger partial charge is 0.388 e. The molecule has 0 unspecified atom stereocenters. The molecule has 0 aromatic carbocycles. The van der Waals surface area contributed by atoms with E-state index in [1.54, 1.807) is 7.11 Å². The van der Waals surface area contributed by atoms with Crippen LogP contribution >= 0.6 is 0 Å². The molecular formula is C8H15NO. The number of hydrogen-bond acceptors (Lipinski definition) is 2. The maximum Gasteiger partial charge on any atom is 0.0647 e. The fourth-order valence-electron chi connectivity index (χ4n) is 0.595. The van der Waals surface area contributed by atoms with Crippen LogP contribution < -0.4 is 5.32 Å². The number of likely N-dealkylation sites (N-methyl/N-ethyl adjacent to an activating group) is 1. The Hall–Kier alpha value is -0.760. The predicted octanol–water partition coefficient (Wildman–Crippen LogP) is 1.31. The molecule has 0 aliphatic heterocycles. The predicted molar refractivity (Wildman–Crippen MR) is 43.8 cm³/mol. The molecule has 2 nitrogen and oxygen atoms in total. The number of allylic oxidation sites excluding steroid dienone is 2. The average Bonchev–Trinajstić information content (AvgIpc) is 1.99. The van der Waals surface area contributed by atoms with Crippen molar-refractivity contribution < 1.29 is 4.74 Å². The Balaban J connectivity index is 3.63. The lowest BCUT2D eigenvalue weighted by Crippen LogP contribution is -2.02. The van der Waals surface area contributed by atoms with Crippen LogP contribution in [0.15, 0.2) is 23.9 Å². The molecule has 0 bridgehead atoms. The molecule has 0 saturated carbocycles. The van der Waals surface area contributed by atoms with Crippen molar-refractivity contribution in [2.45, 2.75) is 6.92 Å². The van der Waals surface area contributed by atoms with Crippen molar-refractivity contribution in [3.63, 3.8) is 0 Å². The van der Waals surface area contributed by atoms with Gasteiger partial charge in [-0.1, -0.05) is 12.2 Å². The molecule has 0 radical (unpaired) electrons. The number of nitrogens with one attached hydrogen (secondary N) is 1. The van der Waals surface area contributed by atoms with Gasteiger partial charge in [-0.25, -0.2) is 0 Å². The third-order valence-corrected chi connectivity index (χ3v) is 1.16. The van der Waals surface area contributed by atoms with Crippen LogP contribution in [-0.2, 0) is 4.74 Å². The van der Waals surface area contributed by atoms with Crippen LogP contribution in [0.4, 0.5) is 0 Å². The summed E-state index contributed by atoms with van der Waals surface area (Å²) in [6, 6.07) is 0. The van der Waals surface area contributed by atoms with Crippen LogP contribution in [0.1, 0.15) is 6.92 Å². The Morgan fingerprint density at radius 1 is 1.60 bits per heavy atom. The lowest BCUT2D eigenvalue weighted by Gasteiger charge is -1.97. The third kappa shape index (κ3) is 4.15. The maximum absolute atomic E-state index is 4.84. The van der Waals surface area contributed by atoms with Crippen molar-refractivity contribution in [3.05, 3.63) is 23.9 Å². The summed E-state index contributed by atoms with van der Waals surface area (Å²) in [7, 11) is 3.57. The molecule has 0 atom stereocenters. The van der Waals surface area contributed by atoms with Crippen LogP contribution in [-0.4, -0.2) is 20.8 Å². The maximum atomic E-state index is 4.84. The van der Waals surface area contributed by atoms with Crippen LogP contribution in [0, 0.1) is 0 Å². The van der Waals surface area contributed by atoms with Gasteiger partial charge in [0.05, 0.1) is 6.61 Å². The molecule has 0 aromatic rings. The van der Waals surface area contributed by atoms with E-state index in [4.69, 9.17) is 4.74 Å². The fraction of sp³-hybridized carbons (Fsp3) is 0.500. The summed E-state index contributed by atoms with van der Waals surface area (Å²) in [5, 5.41) is 3.03. The van der Waals surface area contributed by atoms with E-state index in [9.17, 15) is 0 Å². The molecule has 58 valence electrons. The first-order valence-corrected chi connectivity index (χ1v) is 3.34. The van der Waals surface area contributed by atoms with Gasteiger partial charge in [-0.05, 0) is 13.0 Å². The third-order valence-electron chi connectivity index (χ3n) is 1.16. The summed E-state index contributed by atoms with van der Waals surface area (Å²) >= 11 is 0. The van der Waals surface area contributed by atoms with E-state index in [0.29, 0.717) is 6.61 Å². The van der Waals surface area contributed by atoms with Gasteiger partial charge in [0.15, 0.2) is 0 Å². The zero-order chi connectivity index (χ0) is 7.82. The monoisotopic (exact) mass is 141 g/mol. The second kappa shape index (κ2) is 6.36. The second-order valence-electron chi connectivity index (χ2n) is 1.85. The molecule has 0 aromatic heterocycles. The minimum absolute atomic E-state index is 0.666. The van der Waals surface area contributed by atoms with E-state index in [1.807, 2.05) is 32.2 Å². The zero-order valence-corrected chi connectivity index (χ0v) is 6.85. The molecule has 0 aliphatic rings. The van der Waals surface area contributed by atoms with Crippen molar-refractivity contribution in [1.82, 2.24) is 5.32 Å². The summed E-state index contributed by atoms with van der Waals surface area (Å²) in [6.07, 6.45) is 5.96. The van der Waals surface area contributed by atoms with Crippen molar-refractivity contribution in [3.8, 4) is 0 Å². The van der Waals surface area contributed by atoms with E-state index in [2.05, 4.69) is 5.32 Å². The standard InChI is InChI=1S/C8H15NO/c1-4-8(9-2)6-5-7-10-3/h4-6,9H,7H2,1-3H3/b6-5-,8-4+. The van der Waals surface area contributed by atoms with Crippen molar-refractivity contribution in [1.29, 1.82) is 0 Å². The van der Waals surface area contributed by atoms with E-state index in [0.717, 1.165) is 5.70 Å². The molecular weight excluding hydrogens is 126 g/mol. The fourth-order valence-corrected chi connectivity index (χ4v) is 0.595. The first-order chi connectivity index (χ1) is 4.85. The highest BCUT2D eigenvalue weighted by molar-refractivity contribution is 5.14. The highest BCUT2D eigenvalue weighted by atomic mass is 16.5. The van der Waals surface area contributed by atoms with Gasteiger partial charge >= 0.3 is 0 Å². The smallest absolute Gasteiger partial charge is 0.0647 e. The Bertz CT molecular complexity index is 127.